The number of rotatable bonds is 4. The second kappa shape index (κ2) is 7.43. The van der Waals surface area contributed by atoms with Gasteiger partial charge in [-0.3, -0.25) is 9.59 Å². The highest BCUT2D eigenvalue weighted by Crippen LogP contribution is 2.30. The van der Waals surface area contributed by atoms with Gasteiger partial charge in [-0.15, -0.1) is 12.4 Å². The van der Waals surface area contributed by atoms with Crippen molar-refractivity contribution in [2.24, 2.45) is 5.73 Å². The van der Waals surface area contributed by atoms with Gasteiger partial charge in [0.25, 0.3) is 5.91 Å². The molecule has 1 fully saturated rings. The third-order valence-electron chi connectivity index (χ3n) is 3.83. The Morgan fingerprint density at radius 2 is 2.00 bits per heavy atom. The van der Waals surface area contributed by atoms with Crippen LogP contribution in [0.25, 0.3) is 0 Å². The number of hydrogen-bond donors (Lipinski definition) is 2. The Kier molecular flexibility index (Phi) is 6.18. The standard InChI is InChI=1S/C15H21N3O2.ClH/c1-15(14(20)17-10-9-16)8-5-11-18(15)13(19)12-6-3-2-4-7-12;/h2-4,6-7H,5,8-11,16H2,1H3,(H,17,20);1H. The van der Waals surface area contributed by atoms with Gasteiger partial charge in [-0.1, -0.05) is 18.2 Å². The average Bonchev–Trinajstić information content (AvgIpc) is 2.88. The van der Waals surface area contributed by atoms with Gasteiger partial charge < -0.3 is 16.0 Å². The van der Waals surface area contributed by atoms with Crippen molar-refractivity contribution in [3.8, 4) is 0 Å². The summed E-state index contributed by atoms with van der Waals surface area (Å²) >= 11 is 0. The van der Waals surface area contributed by atoms with E-state index in [-0.39, 0.29) is 24.2 Å². The Labute approximate surface area is 131 Å². The van der Waals surface area contributed by atoms with Crippen molar-refractivity contribution in [3.05, 3.63) is 35.9 Å². The van der Waals surface area contributed by atoms with Crippen molar-refractivity contribution < 1.29 is 9.59 Å². The molecule has 1 heterocycles. The smallest absolute Gasteiger partial charge is 0.254 e. The van der Waals surface area contributed by atoms with Gasteiger partial charge in [0.1, 0.15) is 5.54 Å². The number of carbonyl (C=O) groups excluding carboxylic acids is 2. The van der Waals surface area contributed by atoms with Crippen LogP contribution in [0.4, 0.5) is 0 Å². The van der Waals surface area contributed by atoms with E-state index in [9.17, 15) is 9.59 Å². The molecule has 2 amide bonds. The van der Waals surface area contributed by atoms with E-state index < -0.39 is 5.54 Å². The number of nitrogens with two attached hydrogens (primary N) is 1. The molecule has 1 atom stereocenters. The van der Waals surface area contributed by atoms with E-state index >= 15 is 0 Å². The van der Waals surface area contributed by atoms with Gasteiger partial charge in [0.2, 0.25) is 5.91 Å². The first-order chi connectivity index (χ1) is 9.59. The fraction of sp³-hybridized carbons (Fsp3) is 0.467. The van der Waals surface area contributed by atoms with Gasteiger partial charge >= 0.3 is 0 Å². The van der Waals surface area contributed by atoms with Crippen LogP contribution in [-0.2, 0) is 4.79 Å². The molecule has 1 aliphatic heterocycles. The van der Waals surface area contributed by atoms with Crippen molar-refractivity contribution >= 4 is 24.2 Å². The lowest BCUT2D eigenvalue weighted by Crippen LogP contribution is -2.56. The number of amides is 2. The van der Waals surface area contributed by atoms with Gasteiger partial charge in [0.05, 0.1) is 0 Å². The summed E-state index contributed by atoms with van der Waals surface area (Å²) in [6, 6.07) is 9.08. The minimum Gasteiger partial charge on any atom is -0.353 e. The molecule has 0 saturated carbocycles. The minimum atomic E-state index is -0.776. The second-order valence-electron chi connectivity index (χ2n) is 5.24. The van der Waals surface area contributed by atoms with E-state index in [2.05, 4.69) is 5.32 Å². The molecule has 116 valence electrons. The van der Waals surface area contributed by atoms with Crippen molar-refractivity contribution in [2.75, 3.05) is 19.6 Å². The van der Waals surface area contributed by atoms with E-state index in [1.54, 1.807) is 17.0 Å². The van der Waals surface area contributed by atoms with E-state index in [1.165, 1.54) is 0 Å². The summed E-state index contributed by atoms with van der Waals surface area (Å²) in [6.07, 6.45) is 1.52. The fourth-order valence-corrected chi connectivity index (χ4v) is 2.64. The zero-order valence-electron chi connectivity index (χ0n) is 12.2. The summed E-state index contributed by atoms with van der Waals surface area (Å²) in [5.74, 6) is -0.210. The van der Waals surface area contributed by atoms with E-state index in [1.807, 2.05) is 25.1 Å². The fourth-order valence-electron chi connectivity index (χ4n) is 2.64. The molecule has 1 unspecified atom stereocenters. The summed E-state index contributed by atoms with van der Waals surface area (Å²) in [5, 5.41) is 2.79. The quantitative estimate of drug-likeness (QED) is 0.876. The molecular formula is C15H22ClN3O2. The SMILES string of the molecule is CC1(C(=O)NCCN)CCCN1C(=O)c1ccccc1.Cl. The number of hydrogen-bond acceptors (Lipinski definition) is 3. The van der Waals surface area contributed by atoms with Crippen LogP contribution in [0.2, 0.25) is 0 Å². The third-order valence-corrected chi connectivity index (χ3v) is 3.83. The molecule has 0 bridgehead atoms. The molecule has 6 heteroatoms. The molecule has 1 aromatic carbocycles. The summed E-state index contributed by atoms with van der Waals surface area (Å²) in [6.45, 7) is 3.27. The number of benzene rings is 1. The summed E-state index contributed by atoms with van der Waals surface area (Å²) in [4.78, 5) is 26.5. The lowest BCUT2D eigenvalue weighted by molar-refractivity contribution is -0.129. The minimum absolute atomic E-state index is 0. The largest absolute Gasteiger partial charge is 0.353 e. The van der Waals surface area contributed by atoms with E-state index in [4.69, 9.17) is 5.73 Å². The maximum Gasteiger partial charge on any atom is 0.254 e. The summed E-state index contributed by atoms with van der Waals surface area (Å²) < 4.78 is 0. The molecule has 0 radical (unpaired) electrons. The Bertz CT molecular complexity index is 495. The lowest BCUT2D eigenvalue weighted by Gasteiger charge is -2.34. The van der Waals surface area contributed by atoms with Crippen LogP contribution in [0.3, 0.4) is 0 Å². The number of likely N-dealkylation sites (tertiary alicyclic amines) is 1. The topological polar surface area (TPSA) is 75.4 Å². The van der Waals surface area contributed by atoms with Crippen LogP contribution in [0.1, 0.15) is 30.1 Å². The van der Waals surface area contributed by atoms with Crippen molar-refractivity contribution in [1.29, 1.82) is 0 Å². The zero-order chi connectivity index (χ0) is 14.6. The maximum atomic E-state index is 12.6. The van der Waals surface area contributed by atoms with Crippen molar-refractivity contribution in [2.45, 2.75) is 25.3 Å². The predicted molar refractivity (Wildman–Crippen MR) is 84.4 cm³/mol. The average molecular weight is 312 g/mol. The van der Waals surface area contributed by atoms with Crippen LogP contribution in [0.5, 0.6) is 0 Å². The van der Waals surface area contributed by atoms with Gasteiger partial charge in [0, 0.05) is 25.2 Å². The van der Waals surface area contributed by atoms with Crippen LogP contribution < -0.4 is 11.1 Å². The molecule has 5 nitrogen and oxygen atoms in total. The Balaban J connectivity index is 0.00000220. The predicted octanol–water partition coefficient (Wildman–Crippen LogP) is 1.18. The van der Waals surface area contributed by atoms with Gasteiger partial charge in [-0.25, -0.2) is 0 Å². The lowest BCUT2D eigenvalue weighted by atomic mass is 9.97. The van der Waals surface area contributed by atoms with Crippen LogP contribution in [-0.4, -0.2) is 41.9 Å². The molecule has 0 aliphatic carbocycles. The van der Waals surface area contributed by atoms with Crippen LogP contribution >= 0.6 is 12.4 Å². The molecule has 3 N–H and O–H groups in total. The van der Waals surface area contributed by atoms with E-state index in [0.717, 1.165) is 6.42 Å². The molecule has 2 rings (SSSR count). The van der Waals surface area contributed by atoms with Crippen LogP contribution in [0, 0.1) is 0 Å². The maximum absolute atomic E-state index is 12.6. The van der Waals surface area contributed by atoms with Gasteiger partial charge in [0.15, 0.2) is 0 Å². The monoisotopic (exact) mass is 311 g/mol. The molecule has 0 aromatic heterocycles. The highest BCUT2D eigenvalue weighted by Gasteiger charge is 2.45. The molecule has 0 spiro atoms. The number of nitrogens with zero attached hydrogens (tertiary/aromatic N) is 1. The van der Waals surface area contributed by atoms with Crippen molar-refractivity contribution in [3.63, 3.8) is 0 Å². The first kappa shape index (κ1) is 17.5. The Morgan fingerprint density at radius 3 is 2.62 bits per heavy atom. The highest BCUT2D eigenvalue weighted by atomic mass is 35.5. The van der Waals surface area contributed by atoms with Gasteiger partial charge in [-0.05, 0) is 31.9 Å². The van der Waals surface area contributed by atoms with E-state index in [0.29, 0.717) is 31.6 Å². The molecule has 1 aliphatic rings. The third kappa shape index (κ3) is 3.54. The Hall–Kier alpha value is -1.59. The second-order valence-corrected chi connectivity index (χ2v) is 5.24. The molecule has 1 saturated heterocycles. The summed E-state index contributed by atoms with van der Waals surface area (Å²) in [7, 11) is 0. The number of halogens is 1. The van der Waals surface area contributed by atoms with Crippen molar-refractivity contribution in [1.82, 2.24) is 10.2 Å². The van der Waals surface area contributed by atoms with Gasteiger partial charge in [-0.2, -0.15) is 0 Å². The zero-order valence-corrected chi connectivity index (χ0v) is 13.0. The number of nitrogens with one attached hydrogen (secondary N) is 1. The first-order valence-electron chi connectivity index (χ1n) is 6.95. The normalized spacial score (nSPS) is 20.8. The van der Waals surface area contributed by atoms with Crippen LogP contribution in [0.15, 0.2) is 30.3 Å². The Morgan fingerprint density at radius 1 is 1.33 bits per heavy atom. The highest BCUT2D eigenvalue weighted by molar-refractivity contribution is 5.99. The molecule has 1 aromatic rings. The molecular weight excluding hydrogens is 290 g/mol. The first-order valence-corrected chi connectivity index (χ1v) is 6.95. The number of carbonyl (C=O) groups is 2. The summed E-state index contributed by atoms with van der Waals surface area (Å²) in [5.41, 5.74) is 5.25. The molecule has 21 heavy (non-hydrogen) atoms.